The van der Waals surface area contributed by atoms with Crippen LogP contribution >= 0.6 is 0 Å². The molecule has 8 nitrogen and oxygen atoms in total. The second kappa shape index (κ2) is 9.60. The van der Waals surface area contributed by atoms with Gasteiger partial charge in [0.2, 0.25) is 0 Å². The molecule has 35 heavy (non-hydrogen) atoms. The van der Waals surface area contributed by atoms with Gasteiger partial charge in [0.1, 0.15) is 6.61 Å². The minimum atomic E-state index is -0.278. The van der Waals surface area contributed by atoms with Crippen molar-refractivity contribution in [2.24, 2.45) is 5.11 Å². The number of hydrogen-bond acceptors (Lipinski definition) is 5. The smallest absolute Gasteiger partial charge is 0.409 e. The van der Waals surface area contributed by atoms with Gasteiger partial charge in [-0.2, -0.15) is 0 Å². The van der Waals surface area contributed by atoms with E-state index in [0.29, 0.717) is 38.5 Å². The molecule has 0 radical (unpaired) electrons. The summed E-state index contributed by atoms with van der Waals surface area (Å²) in [6, 6.07) is 20.5. The highest BCUT2D eigenvalue weighted by Gasteiger charge is 2.30. The number of azide groups is 1. The van der Waals surface area contributed by atoms with E-state index in [1.807, 2.05) is 43.3 Å². The third kappa shape index (κ3) is 4.36. The van der Waals surface area contributed by atoms with E-state index in [4.69, 9.17) is 16.0 Å². The molecule has 1 fully saturated rings. The number of amides is 1. The van der Waals surface area contributed by atoms with Crippen LogP contribution in [0.1, 0.15) is 28.2 Å². The predicted octanol–water partition coefficient (Wildman–Crippen LogP) is 5.46. The molecule has 5 rings (SSSR count). The molecule has 2 N–H and O–H groups in total. The Bertz CT molecular complexity index is 1260. The van der Waals surface area contributed by atoms with Crippen LogP contribution in [0.25, 0.3) is 21.6 Å². The van der Waals surface area contributed by atoms with Crippen LogP contribution < -0.4 is 10.6 Å². The fourth-order valence-corrected chi connectivity index (χ4v) is 5.20. The van der Waals surface area contributed by atoms with E-state index >= 15 is 0 Å². The summed E-state index contributed by atoms with van der Waals surface area (Å²) < 4.78 is 5.83. The van der Waals surface area contributed by atoms with Crippen LogP contribution in [0.4, 0.5) is 16.2 Å². The average Bonchev–Trinajstić information content (AvgIpc) is 3.21. The molecule has 178 valence electrons. The number of anilines is 2. The first-order valence-corrected chi connectivity index (χ1v) is 11.8. The largest absolute Gasteiger partial charge is 0.448 e. The van der Waals surface area contributed by atoms with E-state index in [1.54, 1.807) is 4.90 Å². The zero-order chi connectivity index (χ0) is 24.4. The molecular formula is C27H28N6O2. The van der Waals surface area contributed by atoms with Crippen molar-refractivity contribution in [2.75, 3.05) is 43.4 Å². The molecule has 1 saturated heterocycles. The molecule has 0 unspecified atom stereocenters. The third-order valence-electron chi connectivity index (χ3n) is 7.03. The second-order valence-corrected chi connectivity index (χ2v) is 8.99. The lowest BCUT2D eigenvalue weighted by molar-refractivity contribution is 0.0977. The van der Waals surface area contributed by atoms with Gasteiger partial charge in [0.05, 0.1) is 6.54 Å². The monoisotopic (exact) mass is 468 g/mol. The third-order valence-corrected chi connectivity index (χ3v) is 7.03. The molecular weight excluding hydrogens is 440 g/mol. The van der Waals surface area contributed by atoms with Crippen LogP contribution in [-0.4, -0.2) is 43.8 Å². The SMILES string of the molecule is Cc1c(CN=[N+]=[N-])cc(N)cc1N1CCN(C(=O)OCC2c3ccccc3-c3ccccc32)CC1. The van der Waals surface area contributed by atoms with Gasteiger partial charge in [0.25, 0.3) is 0 Å². The van der Waals surface area contributed by atoms with Crippen molar-refractivity contribution in [3.05, 3.63) is 93.4 Å². The molecule has 1 aliphatic heterocycles. The molecule has 0 aromatic heterocycles. The summed E-state index contributed by atoms with van der Waals surface area (Å²) in [7, 11) is 0. The van der Waals surface area contributed by atoms with Gasteiger partial charge in [-0.1, -0.05) is 53.6 Å². The summed E-state index contributed by atoms with van der Waals surface area (Å²) in [5.41, 5.74) is 23.2. The normalized spacial score (nSPS) is 14.8. The number of benzene rings is 3. The van der Waals surface area contributed by atoms with Crippen molar-refractivity contribution in [3.8, 4) is 11.1 Å². The van der Waals surface area contributed by atoms with E-state index in [2.05, 4.69) is 39.2 Å². The highest BCUT2D eigenvalue weighted by molar-refractivity contribution is 5.79. The van der Waals surface area contributed by atoms with E-state index in [-0.39, 0.29) is 18.6 Å². The number of carbonyl (C=O) groups is 1. The molecule has 0 spiro atoms. The Balaban J connectivity index is 1.23. The molecule has 1 heterocycles. The lowest BCUT2D eigenvalue weighted by Gasteiger charge is -2.36. The van der Waals surface area contributed by atoms with Gasteiger partial charge >= 0.3 is 6.09 Å². The number of nitrogen functional groups attached to an aromatic ring is 1. The van der Waals surface area contributed by atoms with Crippen LogP contribution in [0.15, 0.2) is 65.8 Å². The lowest BCUT2D eigenvalue weighted by atomic mass is 9.98. The van der Waals surface area contributed by atoms with Crippen LogP contribution in [0.2, 0.25) is 0 Å². The quantitative estimate of drug-likeness (QED) is 0.232. The maximum Gasteiger partial charge on any atom is 0.409 e. The van der Waals surface area contributed by atoms with E-state index in [9.17, 15) is 4.79 Å². The summed E-state index contributed by atoms with van der Waals surface area (Å²) in [6.07, 6.45) is -0.278. The topological polar surface area (TPSA) is 108 Å². The number of fused-ring (bicyclic) bond motifs is 3. The van der Waals surface area contributed by atoms with Crippen molar-refractivity contribution < 1.29 is 9.53 Å². The second-order valence-electron chi connectivity index (χ2n) is 8.99. The minimum absolute atomic E-state index is 0.0528. The van der Waals surface area contributed by atoms with Crippen LogP contribution in [0, 0.1) is 6.92 Å². The summed E-state index contributed by atoms with van der Waals surface area (Å²) in [5.74, 6) is 0.0528. The van der Waals surface area contributed by atoms with Gasteiger partial charge in [-0.25, -0.2) is 4.79 Å². The van der Waals surface area contributed by atoms with E-state index in [1.165, 1.54) is 22.3 Å². The summed E-state index contributed by atoms with van der Waals surface area (Å²) in [6.45, 7) is 5.08. The van der Waals surface area contributed by atoms with Crippen molar-refractivity contribution in [2.45, 2.75) is 19.4 Å². The van der Waals surface area contributed by atoms with Crippen molar-refractivity contribution >= 4 is 17.5 Å². The van der Waals surface area contributed by atoms with Gasteiger partial charge in [0, 0.05) is 48.4 Å². The zero-order valence-electron chi connectivity index (χ0n) is 19.7. The molecule has 8 heteroatoms. The van der Waals surface area contributed by atoms with Gasteiger partial charge < -0.3 is 20.3 Å². The Morgan fingerprint density at radius 2 is 1.69 bits per heavy atom. The molecule has 3 aromatic carbocycles. The number of hydrogen-bond donors (Lipinski definition) is 1. The Labute approximate surface area is 204 Å². The lowest BCUT2D eigenvalue weighted by Crippen LogP contribution is -2.49. The van der Waals surface area contributed by atoms with Crippen molar-refractivity contribution in [1.29, 1.82) is 0 Å². The number of rotatable bonds is 5. The van der Waals surface area contributed by atoms with Gasteiger partial charge in [-0.05, 0) is 58.0 Å². The highest BCUT2D eigenvalue weighted by atomic mass is 16.6. The predicted molar refractivity (Wildman–Crippen MR) is 137 cm³/mol. The summed E-state index contributed by atoms with van der Waals surface area (Å²) in [4.78, 5) is 19.8. The number of ether oxygens (including phenoxy) is 1. The standard InChI is InChI=1S/C27H28N6O2/c1-18-19(16-30-31-29)14-20(28)15-26(18)32-10-12-33(13-11-32)27(34)35-17-25-23-8-4-2-6-21(23)22-7-3-5-9-24(22)25/h2-9,14-15,25H,10-13,16-17,28H2,1H3. The number of nitrogens with zero attached hydrogens (tertiary/aromatic N) is 5. The maximum atomic E-state index is 12.9. The Hall–Kier alpha value is -4.16. The van der Waals surface area contributed by atoms with E-state index in [0.717, 1.165) is 16.8 Å². The Morgan fingerprint density at radius 3 is 2.31 bits per heavy atom. The Morgan fingerprint density at radius 1 is 1.06 bits per heavy atom. The van der Waals surface area contributed by atoms with Crippen LogP contribution in [0.5, 0.6) is 0 Å². The van der Waals surface area contributed by atoms with Crippen LogP contribution in [0.3, 0.4) is 0 Å². The molecule has 2 aliphatic rings. The molecule has 3 aromatic rings. The van der Waals surface area contributed by atoms with Crippen molar-refractivity contribution in [3.63, 3.8) is 0 Å². The van der Waals surface area contributed by atoms with Gasteiger partial charge in [-0.3, -0.25) is 0 Å². The Kier molecular flexibility index (Phi) is 6.21. The number of piperazine rings is 1. The fourth-order valence-electron chi connectivity index (χ4n) is 5.20. The first-order valence-electron chi connectivity index (χ1n) is 11.8. The fraction of sp³-hybridized carbons (Fsp3) is 0.296. The molecule has 0 bridgehead atoms. The molecule has 1 aliphatic carbocycles. The van der Waals surface area contributed by atoms with Crippen molar-refractivity contribution in [1.82, 2.24) is 4.90 Å². The minimum Gasteiger partial charge on any atom is -0.448 e. The van der Waals surface area contributed by atoms with E-state index < -0.39 is 0 Å². The number of carbonyl (C=O) groups excluding carboxylic acids is 1. The summed E-state index contributed by atoms with van der Waals surface area (Å²) >= 11 is 0. The first kappa shape index (κ1) is 22.6. The number of nitrogens with two attached hydrogens (primary N) is 1. The average molecular weight is 469 g/mol. The van der Waals surface area contributed by atoms with Gasteiger partial charge in [0.15, 0.2) is 0 Å². The molecule has 1 amide bonds. The van der Waals surface area contributed by atoms with Crippen LogP contribution in [-0.2, 0) is 11.3 Å². The highest BCUT2D eigenvalue weighted by Crippen LogP contribution is 2.44. The molecule has 0 atom stereocenters. The summed E-state index contributed by atoms with van der Waals surface area (Å²) in [5, 5.41) is 3.68. The molecule has 0 saturated carbocycles. The first-order chi connectivity index (χ1) is 17.1. The maximum absolute atomic E-state index is 12.9. The zero-order valence-corrected chi connectivity index (χ0v) is 19.7. The van der Waals surface area contributed by atoms with Gasteiger partial charge in [-0.15, -0.1) is 0 Å².